The number of hydrogen-bond donors (Lipinski definition) is 0. The maximum atomic E-state index is 5.65. The van der Waals surface area contributed by atoms with E-state index in [4.69, 9.17) is 9.47 Å². The van der Waals surface area contributed by atoms with E-state index in [2.05, 4.69) is 37.3 Å². The summed E-state index contributed by atoms with van der Waals surface area (Å²) >= 11 is 0. The van der Waals surface area contributed by atoms with Crippen LogP contribution in [0.3, 0.4) is 0 Å². The molecular weight excluding hydrogens is 236 g/mol. The molecule has 1 saturated heterocycles. The van der Waals surface area contributed by atoms with Crippen LogP contribution in [0.5, 0.6) is 0 Å². The highest BCUT2D eigenvalue weighted by Gasteiger charge is 2.20. The van der Waals surface area contributed by atoms with Crippen LogP contribution in [0.2, 0.25) is 0 Å². The molecule has 0 spiro atoms. The van der Waals surface area contributed by atoms with Crippen LogP contribution in [-0.4, -0.2) is 19.5 Å². The molecule has 1 fully saturated rings. The number of hydrogen-bond acceptors (Lipinski definition) is 2. The summed E-state index contributed by atoms with van der Waals surface area (Å²) < 4.78 is 11.3. The van der Waals surface area contributed by atoms with Crippen molar-refractivity contribution in [3.05, 3.63) is 41.5 Å². The molecule has 0 radical (unpaired) electrons. The Balaban J connectivity index is 1.99. The molecule has 1 heterocycles. The summed E-state index contributed by atoms with van der Waals surface area (Å²) in [6, 6.07) is 10.4. The fourth-order valence-electron chi connectivity index (χ4n) is 2.35. The zero-order valence-electron chi connectivity index (χ0n) is 11.8. The molecule has 1 aliphatic rings. The van der Waals surface area contributed by atoms with E-state index in [-0.39, 0.29) is 6.29 Å². The van der Waals surface area contributed by atoms with Gasteiger partial charge in [0, 0.05) is 0 Å². The maximum Gasteiger partial charge on any atom is 0.180 e. The fourth-order valence-corrected chi connectivity index (χ4v) is 2.35. The molecule has 1 aliphatic heterocycles. The van der Waals surface area contributed by atoms with Crippen molar-refractivity contribution in [2.45, 2.75) is 45.3 Å². The molecule has 2 rings (SSSR count). The first-order chi connectivity index (χ1) is 9.40. The third-order valence-corrected chi connectivity index (χ3v) is 3.40. The number of benzene rings is 1. The van der Waals surface area contributed by atoms with E-state index >= 15 is 0 Å². The third-order valence-electron chi connectivity index (χ3n) is 3.40. The van der Waals surface area contributed by atoms with Gasteiger partial charge in [-0.15, -0.1) is 0 Å². The smallest absolute Gasteiger partial charge is 0.180 e. The zero-order chi connectivity index (χ0) is 13.3. The Morgan fingerprint density at radius 3 is 2.53 bits per heavy atom. The van der Waals surface area contributed by atoms with Gasteiger partial charge >= 0.3 is 0 Å². The van der Waals surface area contributed by atoms with E-state index in [9.17, 15) is 0 Å². The first kappa shape index (κ1) is 14.3. The zero-order valence-corrected chi connectivity index (χ0v) is 11.8. The second kappa shape index (κ2) is 8.13. The molecular formula is C17H24O2. The summed E-state index contributed by atoms with van der Waals surface area (Å²) in [7, 11) is 0. The minimum atomic E-state index is -0.123. The van der Waals surface area contributed by atoms with Crippen LogP contribution in [0, 0.1) is 0 Å². The molecule has 0 atom stereocenters. The van der Waals surface area contributed by atoms with Crippen LogP contribution >= 0.6 is 0 Å². The molecule has 0 saturated carbocycles. The van der Waals surface area contributed by atoms with Crippen molar-refractivity contribution < 1.29 is 9.47 Å². The molecule has 2 heteroatoms. The van der Waals surface area contributed by atoms with E-state index in [0.29, 0.717) is 13.2 Å². The molecule has 0 N–H and O–H groups in total. The van der Waals surface area contributed by atoms with Crippen molar-refractivity contribution in [1.29, 1.82) is 0 Å². The van der Waals surface area contributed by atoms with Crippen molar-refractivity contribution in [2.24, 2.45) is 0 Å². The average molecular weight is 260 g/mol. The lowest BCUT2D eigenvalue weighted by molar-refractivity contribution is -0.0127. The first-order valence-corrected chi connectivity index (χ1v) is 7.39. The predicted molar refractivity (Wildman–Crippen MR) is 78.9 cm³/mol. The molecule has 19 heavy (non-hydrogen) atoms. The summed E-state index contributed by atoms with van der Waals surface area (Å²) in [5, 5.41) is 0. The van der Waals surface area contributed by atoms with Gasteiger partial charge in [0.2, 0.25) is 0 Å². The largest absolute Gasteiger partial charge is 0.346 e. The van der Waals surface area contributed by atoms with Crippen LogP contribution in [0.15, 0.2) is 35.9 Å². The lowest BCUT2D eigenvalue weighted by atomic mass is 10.0. The predicted octanol–water partition coefficient (Wildman–Crippen LogP) is 4.41. The Bertz CT molecular complexity index is 378. The van der Waals surface area contributed by atoms with Gasteiger partial charge in [-0.1, -0.05) is 62.6 Å². The maximum absolute atomic E-state index is 5.65. The SMILES string of the molecule is CCCCCC/C(=C\c1ccccc1)C1OCCO1. The highest BCUT2D eigenvalue weighted by Crippen LogP contribution is 2.23. The molecule has 0 aromatic heterocycles. The third kappa shape index (κ3) is 4.81. The summed E-state index contributed by atoms with van der Waals surface area (Å²) in [4.78, 5) is 0. The molecule has 1 aromatic rings. The van der Waals surface area contributed by atoms with Gasteiger partial charge in [0.1, 0.15) is 0 Å². The fraction of sp³-hybridized carbons (Fsp3) is 0.529. The van der Waals surface area contributed by atoms with Gasteiger partial charge in [-0.2, -0.15) is 0 Å². The second-order valence-corrected chi connectivity index (χ2v) is 5.01. The van der Waals surface area contributed by atoms with Crippen LogP contribution in [0.25, 0.3) is 6.08 Å². The van der Waals surface area contributed by atoms with Crippen LogP contribution in [0.4, 0.5) is 0 Å². The second-order valence-electron chi connectivity index (χ2n) is 5.01. The molecule has 104 valence electrons. The van der Waals surface area contributed by atoms with Gasteiger partial charge in [-0.3, -0.25) is 0 Å². The number of unbranched alkanes of at least 4 members (excludes halogenated alkanes) is 3. The van der Waals surface area contributed by atoms with Crippen molar-refractivity contribution in [3.63, 3.8) is 0 Å². The van der Waals surface area contributed by atoms with Crippen molar-refractivity contribution in [2.75, 3.05) is 13.2 Å². The van der Waals surface area contributed by atoms with E-state index < -0.39 is 0 Å². The Hall–Kier alpha value is -1.12. The monoisotopic (exact) mass is 260 g/mol. The van der Waals surface area contributed by atoms with E-state index in [0.717, 1.165) is 6.42 Å². The Morgan fingerprint density at radius 2 is 1.84 bits per heavy atom. The van der Waals surface area contributed by atoms with Crippen molar-refractivity contribution in [1.82, 2.24) is 0 Å². The van der Waals surface area contributed by atoms with Gasteiger partial charge in [-0.05, 0) is 24.0 Å². The Kier molecular flexibility index (Phi) is 6.12. The summed E-state index contributed by atoms with van der Waals surface area (Å²) in [5.41, 5.74) is 2.51. The Labute approximate surface area is 116 Å². The highest BCUT2D eigenvalue weighted by atomic mass is 16.7. The molecule has 2 nitrogen and oxygen atoms in total. The van der Waals surface area contributed by atoms with Crippen molar-refractivity contribution in [3.8, 4) is 0 Å². The standard InChI is InChI=1S/C17H24O2/c1-2-3-4-8-11-16(17-18-12-13-19-17)14-15-9-6-5-7-10-15/h5-7,9-10,14,17H,2-4,8,11-13H2,1H3/b16-14+. The van der Waals surface area contributed by atoms with Crippen molar-refractivity contribution >= 4 is 6.08 Å². The summed E-state index contributed by atoms with van der Waals surface area (Å²) in [6.07, 6.45) is 8.26. The topological polar surface area (TPSA) is 18.5 Å². The van der Waals surface area contributed by atoms with E-state index in [1.54, 1.807) is 0 Å². The summed E-state index contributed by atoms with van der Waals surface area (Å²) in [5.74, 6) is 0. The molecule has 0 bridgehead atoms. The minimum Gasteiger partial charge on any atom is -0.346 e. The Morgan fingerprint density at radius 1 is 1.11 bits per heavy atom. The number of rotatable bonds is 7. The van der Waals surface area contributed by atoms with Gasteiger partial charge < -0.3 is 9.47 Å². The lowest BCUT2D eigenvalue weighted by Crippen LogP contribution is -2.11. The molecule has 0 aliphatic carbocycles. The van der Waals surface area contributed by atoms with Gasteiger partial charge in [0.25, 0.3) is 0 Å². The van der Waals surface area contributed by atoms with Crippen LogP contribution < -0.4 is 0 Å². The number of ether oxygens (including phenoxy) is 2. The van der Waals surface area contributed by atoms with Crippen LogP contribution in [-0.2, 0) is 9.47 Å². The quantitative estimate of drug-likeness (QED) is 0.676. The van der Waals surface area contributed by atoms with E-state index in [1.807, 2.05) is 6.07 Å². The van der Waals surface area contributed by atoms with E-state index in [1.165, 1.54) is 36.8 Å². The van der Waals surface area contributed by atoms with Gasteiger partial charge in [0.15, 0.2) is 6.29 Å². The van der Waals surface area contributed by atoms with Gasteiger partial charge in [0.05, 0.1) is 13.2 Å². The molecule has 0 unspecified atom stereocenters. The summed E-state index contributed by atoms with van der Waals surface area (Å²) in [6.45, 7) is 3.67. The molecule has 0 amide bonds. The molecule has 1 aromatic carbocycles. The van der Waals surface area contributed by atoms with Crippen LogP contribution in [0.1, 0.15) is 44.6 Å². The average Bonchev–Trinajstić information content (AvgIpc) is 2.97. The highest BCUT2D eigenvalue weighted by molar-refractivity contribution is 5.53. The minimum absolute atomic E-state index is 0.123. The normalized spacial score (nSPS) is 17.0. The van der Waals surface area contributed by atoms with Gasteiger partial charge in [-0.25, -0.2) is 0 Å². The lowest BCUT2D eigenvalue weighted by Gasteiger charge is -2.14. The first-order valence-electron chi connectivity index (χ1n) is 7.39.